The van der Waals surface area contributed by atoms with Crippen LogP contribution in [0.5, 0.6) is 0 Å². The topological polar surface area (TPSA) is 110 Å². The first-order chi connectivity index (χ1) is 13.7. The molecule has 29 heavy (non-hydrogen) atoms. The van der Waals surface area contributed by atoms with Crippen LogP contribution >= 0.6 is 11.8 Å². The van der Waals surface area contributed by atoms with Crippen LogP contribution in [0.15, 0.2) is 53.4 Å². The predicted octanol–water partition coefficient (Wildman–Crippen LogP) is 3.89. The average Bonchev–Trinajstić information content (AvgIpc) is 2.66. The molecule has 0 fully saturated rings. The number of nitro groups is 1. The van der Waals surface area contributed by atoms with Crippen molar-refractivity contribution in [1.29, 1.82) is 0 Å². The van der Waals surface area contributed by atoms with Crippen LogP contribution in [0.3, 0.4) is 0 Å². The first kappa shape index (κ1) is 22.7. The van der Waals surface area contributed by atoms with Crippen LogP contribution in [-0.2, 0) is 14.8 Å². The molecule has 0 aromatic heterocycles. The summed E-state index contributed by atoms with van der Waals surface area (Å²) < 4.78 is 26.0. The number of thioether (sulfide) groups is 1. The molecule has 0 heterocycles. The highest BCUT2D eigenvalue weighted by Gasteiger charge is 2.32. The molecule has 10 heteroatoms. The maximum atomic E-state index is 13.0. The lowest BCUT2D eigenvalue weighted by Gasteiger charge is -2.30. The molecule has 0 aliphatic carbocycles. The third-order valence-electron chi connectivity index (χ3n) is 4.07. The van der Waals surface area contributed by atoms with E-state index in [1.54, 1.807) is 30.8 Å². The highest BCUT2D eigenvalue weighted by Crippen LogP contribution is 2.29. The predicted molar refractivity (Wildman–Crippen MR) is 116 cm³/mol. The number of carbonyl (C=O) groups is 1. The lowest BCUT2D eigenvalue weighted by molar-refractivity contribution is -0.384. The van der Waals surface area contributed by atoms with E-state index < -0.39 is 26.9 Å². The second-order valence-corrected chi connectivity index (χ2v) is 9.34. The Kier molecular flexibility index (Phi) is 7.63. The standard InChI is InChI=1S/C19H23N3O5S2/c1-4-17(19(23)20-16-11-6-7-12-18(16)28-5-2)21(29(3,26)27)14-9-8-10-15(13-14)22(24)25/h6-13,17H,4-5H2,1-3H3,(H,20,23)/t17-/m1/s1. The van der Waals surface area contributed by atoms with Crippen molar-refractivity contribution in [1.82, 2.24) is 0 Å². The van der Waals surface area contributed by atoms with Crippen LogP contribution in [0.2, 0.25) is 0 Å². The summed E-state index contributed by atoms with van der Waals surface area (Å²) in [7, 11) is -3.88. The van der Waals surface area contributed by atoms with Crippen LogP contribution in [-0.4, -0.2) is 37.3 Å². The molecule has 0 radical (unpaired) electrons. The Balaban J connectivity index is 2.43. The second kappa shape index (κ2) is 9.75. The molecule has 0 aliphatic heterocycles. The first-order valence-electron chi connectivity index (χ1n) is 8.95. The number of hydrogen-bond acceptors (Lipinski definition) is 6. The summed E-state index contributed by atoms with van der Waals surface area (Å²) in [6.07, 6.45) is 1.16. The molecule has 0 bridgehead atoms. The smallest absolute Gasteiger partial charge is 0.271 e. The van der Waals surface area contributed by atoms with Gasteiger partial charge < -0.3 is 5.32 Å². The fraction of sp³-hybridized carbons (Fsp3) is 0.316. The molecule has 1 atom stereocenters. The van der Waals surface area contributed by atoms with E-state index in [-0.39, 0.29) is 17.8 Å². The fourth-order valence-corrected chi connectivity index (χ4v) is 4.84. The minimum Gasteiger partial charge on any atom is -0.323 e. The number of sulfonamides is 1. The summed E-state index contributed by atoms with van der Waals surface area (Å²) in [6.45, 7) is 3.68. The number of hydrogen-bond donors (Lipinski definition) is 1. The largest absolute Gasteiger partial charge is 0.323 e. The third-order valence-corrected chi connectivity index (χ3v) is 6.21. The molecule has 0 spiro atoms. The number of nitro benzene ring substituents is 1. The number of anilines is 2. The SMILES string of the molecule is CCSc1ccccc1NC(=O)[C@@H](CC)N(c1cccc([N+](=O)[O-])c1)S(C)(=O)=O. The monoisotopic (exact) mass is 437 g/mol. The molecular weight excluding hydrogens is 414 g/mol. The first-order valence-corrected chi connectivity index (χ1v) is 11.8. The minimum atomic E-state index is -3.88. The van der Waals surface area contributed by atoms with Crippen molar-refractivity contribution in [3.8, 4) is 0 Å². The summed E-state index contributed by atoms with van der Waals surface area (Å²) in [6, 6.07) is 11.4. The van der Waals surface area contributed by atoms with E-state index in [0.29, 0.717) is 5.69 Å². The van der Waals surface area contributed by atoms with Gasteiger partial charge in [-0.1, -0.05) is 32.0 Å². The molecule has 8 nitrogen and oxygen atoms in total. The van der Waals surface area contributed by atoms with Gasteiger partial charge in [0.1, 0.15) is 6.04 Å². The number of rotatable bonds is 9. The van der Waals surface area contributed by atoms with Gasteiger partial charge in [-0.15, -0.1) is 11.8 Å². The van der Waals surface area contributed by atoms with Gasteiger partial charge in [0.25, 0.3) is 5.69 Å². The van der Waals surface area contributed by atoms with Crippen molar-refractivity contribution >= 4 is 44.8 Å². The van der Waals surface area contributed by atoms with Crippen molar-refractivity contribution < 1.29 is 18.1 Å². The van der Waals surface area contributed by atoms with E-state index in [1.165, 1.54) is 18.2 Å². The van der Waals surface area contributed by atoms with Crippen molar-refractivity contribution in [3.05, 3.63) is 58.6 Å². The van der Waals surface area contributed by atoms with Crippen LogP contribution < -0.4 is 9.62 Å². The average molecular weight is 438 g/mol. The zero-order valence-corrected chi connectivity index (χ0v) is 18.0. The van der Waals surface area contributed by atoms with E-state index >= 15 is 0 Å². The minimum absolute atomic E-state index is 0.0694. The molecule has 0 unspecified atom stereocenters. The van der Waals surface area contributed by atoms with Gasteiger partial charge in [0.15, 0.2) is 0 Å². The van der Waals surface area contributed by atoms with Crippen LogP contribution in [0.4, 0.5) is 17.1 Å². The summed E-state index contributed by atoms with van der Waals surface area (Å²) in [5.74, 6) is 0.307. The number of nitrogens with zero attached hydrogens (tertiary/aromatic N) is 2. The number of para-hydroxylation sites is 1. The highest BCUT2D eigenvalue weighted by molar-refractivity contribution is 7.99. The Hall–Kier alpha value is -2.59. The summed E-state index contributed by atoms with van der Waals surface area (Å²) in [4.78, 5) is 24.4. The van der Waals surface area contributed by atoms with Gasteiger partial charge in [0.05, 0.1) is 22.6 Å². The zero-order valence-electron chi connectivity index (χ0n) is 16.4. The lowest BCUT2D eigenvalue weighted by atomic mass is 10.1. The maximum Gasteiger partial charge on any atom is 0.271 e. The molecular formula is C19H23N3O5S2. The molecule has 156 valence electrons. The Morgan fingerprint density at radius 1 is 1.21 bits per heavy atom. The number of non-ortho nitro benzene ring substituents is 1. The van der Waals surface area contributed by atoms with E-state index in [2.05, 4.69) is 5.32 Å². The normalized spacial score (nSPS) is 12.2. The Bertz CT molecular complexity index is 995. The lowest BCUT2D eigenvalue weighted by Crippen LogP contribution is -2.47. The Labute approximate surface area is 174 Å². The van der Waals surface area contributed by atoms with Gasteiger partial charge in [-0.2, -0.15) is 0 Å². The van der Waals surface area contributed by atoms with Crippen LogP contribution in [0, 0.1) is 10.1 Å². The van der Waals surface area contributed by atoms with Gasteiger partial charge >= 0.3 is 0 Å². The maximum absolute atomic E-state index is 13.0. The molecule has 2 aromatic carbocycles. The highest BCUT2D eigenvalue weighted by atomic mass is 32.2. The molecule has 2 aromatic rings. The molecule has 1 N–H and O–H groups in total. The zero-order chi connectivity index (χ0) is 21.6. The van der Waals surface area contributed by atoms with Gasteiger partial charge in [0.2, 0.25) is 15.9 Å². The quantitative estimate of drug-likeness (QED) is 0.362. The summed E-state index contributed by atoms with van der Waals surface area (Å²) in [5.41, 5.74) is 0.409. The molecule has 2 rings (SSSR count). The van der Waals surface area contributed by atoms with Crippen molar-refractivity contribution in [3.63, 3.8) is 0 Å². The van der Waals surface area contributed by atoms with Crippen molar-refractivity contribution in [2.45, 2.75) is 31.2 Å². The fourth-order valence-electron chi connectivity index (χ4n) is 2.87. The Morgan fingerprint density at radius 2 is 1.90 bits per heavy atom. The van der Waals surface area contributed by atoms with Gasteiger partial charge in [-0.25, -0.2) is 8.42 Å². The molecule has 0 saturated carbocycles. The van der Waals surface area contributed by atoms with E-state index in [4.69, 9.17) is 0 Å². The molecule has 1 amide bonds. The number of benzene rings is 2. The molecule has 0 aliphatic rings. The number of carbonyl (C=O) groups excluding carboxylic acids is 1. The summed E-state index contributed by atoms with van der Waals surface area (Å²) >= 11 is 1.56. The third kappa shape index (κ3) is 5.70. The van der Waals surface area contributed by atoms with Gasteiger partial charge in [-0.3, -0.25) is 19.2 Å². The van der Waals surface area contributed by atoms with Crippen LogP contribution in [0.25, 0.3) is 0 Å². The van der Waals surface area contributed by atoms with Gasteiger partial charge in [-0.05, 0) is 30.4 Å². The number of amides is 1. The van der Waals surface area contributed by atoms with E-state index in [0.717, 1.165) is 27.3 Å². The Morgan fingerprint density at radius 3 is 2.48 bits per heavy atom. The van der Waals surface area contributed by atoms with E-state index in [9.17, 15) is 23.3 Å². The summed E-state index contributed by atoms with van der Waals surface area (Å²) in [5, 5.41) is 13.9. The number of nitrogens with one attached hydrogen (secondary N) is 1. The molecule has 0 saturated heterocycles. The van der Waals surface area contributed by atoms with Crippen LogP contribution in [0.1, 0.15) is 20.3 Å². The second-order valence-electron chi connectivity index (χ2n) is 6.18. The van der Waals surface area contributed by atoms with E-state index in [1.807, 2.05) is 19.1 Å². The van der Waals surface area contributed by atoms with Crippen molar-refractivity contribution in [2.75, 3.05) is 21.6 Å². The van der Waals surface area contributed by atoms with Gasteiger partial charge in [0, 0.05) is 17.0 Å². The van der Waals surface area contributed by atoms with Crippen molar-refractivity contribution in [2.24, 2.45) is 0 Å².